The van der Waals surface area contributed by atoms with Crippen molar-refractivity contribution < 1.29 is 4.74 Å². The van der Waals surface area contributed by atoms with E-state index in [4.69, 9.17) is 4.74 Å². The first kappa shape index (κ1) is 13.6. The highest BCUT2D eigenvalue weighted by Gasteiger charge is 2.12. The third-order valence-electron chi connectivity index (χ3n) is 4.26. The Bertz CT molecular complexity index is 1070. The zero-order valence-electron chi connectivity index (χ0n) is 13.0. The van der Waals surface area contributed by atoms with E-state index in [1.807, 2.05) is 55.5 Å². The van der Waals surface area contributed by atoms with E-state index >= 15 is 0 Å². The molecule has 4 nitrogen and oxygen atoms in total. The van der Waals surface area contributed by atoms with Gasteiger partial charge in [0.1, 0.15) is 5.75 Å². The Morgan fingerprint density at radius 1 is 1.00 bits per heavy atom. The van der Waals surface area contributed by atoms with Crippen molar-refractivity contribution in [3.05, 3.63) is 70.6 Å². The standard InChI is InChI=1S/C19H16N2O2/c1-12-19-16(15-5-3-4-6-17(15)20-19)11-18(22)21(12)13-7-9-14(23-2)10-8-13/h3-11,20H,1-2H3. The zero-order valence-corrected chi connectivity index (χ0v) is 13.0. The first-order chi connectivity index (χ1) is 11.2. The molecular weight excluding hydrogens is 288 g/mol. The average molecular weight is 304 g/mol. The van der Waals surface area contributed by atoms with Crippen molar-refractivity contribution in [2.75, 3.05) is 7.11 Å². The molecule has 0 unspecified atom stereocenters. The van der Waals surface area contributed by atoms with Crippen LogP contribution in [0.15, 0.2) is 59.4 Å². The SMILES string of the molecule is COc1ccc(-n2c(C)c3[nH]c4ccccc4c3cc2=O)cc1. The molecule has 0 saturated heterocycles. The predicted octanol–water partition coefficient (Wildman–Crippen LogP) is 3.79. The van der Waals surface area contributed by atoms with Crippen LogP contribution in [0.2, 0.25) is 0 Å². The van der Waals surface area contributed by atoms with Gasteiger partial charge in [-0.25, -0.2) is 0 Å². The van der Waals surface area contributed by atoms with Gasteiger partial charge in [-0.3, -0.25) is 9.36 Å². The minimum absolute atomic E-state index is 0.0371. The molecule has 4 heteroatoms. The van der Waals surface area contributed by atoms with Gasteiger partial charge in [-0.2, -0.15) is 0 Å². The van der Waals surface area contributed by atoms with E-state index < -0.39 is 0 Å². The summed E-state index contributed by atoms with van der Waals surface area (Å²) >= 11 is 0. The molecule has 0 aliphatic rings. The summed E-state index contributed by atoms with van der Waals surface area (Å²) in [7, 11) is 1.63. The van der Waals surface area contributed by atoms with Crippen LogP contribution in [-0.2, 0) is 0 Å². The fourth-order valence-electron chi connectivity index (χ4n) is 3.12. The molecule has 114 valence electrons. The number of aromatic nitrogens is 2. The van der Waals surface area contributed by atoms with Crippen LogP contribution in [0.25, 0.3) is 27.5 Å². The number of nitrogens with zero attached hydrogens (tertiary/aromatic N) is 1. The highest BCUT2D eigenvalue weighted by molar-refractivity contribution is 6.07. The Kier molecular flexibility index (Phi) is 2.98. The van der Waals surface area contributed by atoms with Gasteiger partial charge in [-0.1, -0.05) is 18.2 Å². The van der Waals surface area contributed by atoms with Crippen LogP contribution in [0.3, 0.4) is 0 Å². The van der Waals surface area contributed by atoms with E-state index in [0.29, 0.717) is 0 Å². The summed E-state index contributed by atoms with van der Waals surface area (Å²) in [4.78, 5) is 16.1. The van der Waals surface area contributed by atoms with Crippen LogP contribution >= 0.6 is 0 Å². The summed E-state index contributed by atoms with van der Waals surface area (Å²) in [5.41, 5.74) is 3.71. The molecule has 0 saturated carbocycles. The number of hydrogen-bond donors (Lipinski definition) is 1. The first-order valence-corrected chi connectivity index (χ1v) is 7.46. The Hall–Kier alpha value is -3.01. The van der Waals surface area contributed by atoms with E-state index in [1.165, 1.54) is 0 Å². The van der Waals surface area contributed by atoms with E-state index in [-0.39, 0.29) is 5.56 Å². The number of ether oxygens (including phenoxy) is 1. The maximum Gasteiger partial charge on any atom is 0.256 e. The van der Waals surface area contributed by atoms with Crippen LogP contribution in [0.1, 0.15) is 5.69 Å². The quantitative estimate of drug-likeness (QED) is 0.612. The van der Waals surface area contributed by atoms with Crippen LogP contribution in [0.4, 0.5) is 0 Å². The summed E-state index contributed by atoms with van der Waals surface area (Å²) in [6.45, 7) is 1.96. The number of nitrogens with one attached hydrogen (secondary N) is 1. The number of pyridine rings is 1. The minimum Gasteiger partial charge on any atom is -0.497 e. The van der Waals surface area contributed by atoms with Crippen LogP contribution in [-0.4, -0.2) is 16.7 Å². The Balaban J connectivity index is 2.03. The monoisotopic (exact) mass is 304 g/mol. The topological polar surface area (TPSA) is 47.0 Å². The molecule has 2 heterocycles. The second-order valence-corrected chi connectivity index (χ2v) is 5.56. The summed E-state index contributed by atoms with van der Waals surface area (Å²) in [6, 6.07) is 17.2. The molecule has 0 fully saturated rings. The second-order valence-electron chi connectivity index (χ2n) is 5.56. The zero-order chi connectivity index (χ0) is 16.0. The van der Waals surface area contributed by atoms with E-state index in [9.17, 15) is 4.79 Å². The molecule has 0 aliphatic heterocycles. The van der Waals surface area contributed by atoms with Gasteiger partial charge in [-0.15, -0.1) is 0 Å². The fourth-order valence-corrected chi connectivity index (χ4v) is 3.12. The number of H-pyrrole nitrogens is 1. The van der Waals surface area contributed by atoms with Crippen LogP contribution in [0.5, 0.6) is 5.75 Å². The minimum atomic E-state index is -0.0371. The molecule has 0 bridgehead atoms. The number of aromatic amines is 1. The number of hydrogen-bond acceptors (Lipinski definition) is 2. The molecule has 23 heavy (non-hydrogen) atoms. The molecule has 0 radical (unpaired) electrons. The van der Waals surface area contributed by atoms with Crippen molar-refractivity contribution in [1.82, 2.24) is 9.55 Å². The van der Waals surface area contributed by atoms with E-state index in [1.54, 1.807) is 17.7 Å². The van der Waals surface area contributed by atoms with Gasteiger partial charge in [-0.05, 0) is 37.3 Å². The normalized spacial score (nSPS) is 11.2. The lowest BCUT2D eigenvalue weighted by molar-refractivity contribution is 0.414. The lowest BCUT2D eigenvalue weighted by Crippen LogP contribution is -2.19. The lowest BCUT2D eigenvalue weighted by atomic mass is 10.1. The molecule has 4 aromatic rings. The summed E-state index contributed by atoms with van der Waals surface area (Å²) in [6.07, 6.45) is 0. The molecule has 0 aliphatic carbocycles. The smallest absolute Gasteiger partial charge is 0.256 e. The van der Waals surface area contributed by atoms with Crippen molar-refractivity contribution in [3.8, 4) is 11.4 Å². The van der Waals surface area contributed by atoms with E-state index in [2.05, 4.69) is 4.98 Å². The van der Waals surface area contributed by atoms with Crippen molar-refractivity contribution >= 4 is 21.8 Å². The molecule has 2 aromatic carbocycles. The predicted molar refractivity (Wildman–Crippen MR) is 92.7 cm³/mol. The molecular formula is C19H16N2O2. The number of para-hydroxylation sites is 1. The van der Waals surface area contributed by atoms with Crippen molar-refractivity contribution in [3.63, 3.8) is 0 Å². The van der Waals surface area contributed by atoms with Gasteiger partial charge in [0.2, 0.25) is 0 Å². The molecule has 2 aromatic heterocycles. The largest absolute Gasteiger partial charge is 0.497 e. The highest BCUT2D eigenvalue weighted by Crippen LogP contribution is 2.27. The first-order valence-electron chi connectivity index (χ1n) is 7.46. The van der Waals surface area contributed by atoms with Gasteiger partial charge in [0, 0.05) is 33.7 Å². The van der Waals surface area contributed by atoms with Crippen molar-refractivity contribution in [1.29, 1.82) is 0 Å². The molecule has 0 spiro atoms. The lowest BCUT2D eigenvalue weighted by Gasteiger charge is -2.11. The fraction of sp³-hybridized carbons (Fsp3) is 0.105. The number of rotatable bonds is 2. The number of methoxy groups -OCH3 is 1. The number of fused-ring (bicyclic) bond motifs is 3. The second kappa shape index (κ2) is 5.02. The van der Waals surface area contributed by atoms with Gasteiger partial charge in [0.05, 0.1) is 12.6 Å². The molecule has 1 N–H and O–H groups in total. The Morgan fingerprint density at radius 2 is 1.74 bits per heavy atom. The van der Waals surface area contributed by atoms with Crippen LogP contribution < -0.4 is 10.3 Å². The van der Waals surface area contributed by atoms with Crippen molar-refractivity contribution in [2.24, 2.45) is 0 Å². The van der Waals surface area contributed by atoms with Crippen molar-refractivity contribution in [2.45, 2.75) is 6.92 Å². The molecule has 4 rings (SSSR count). The Labute approximate surface area is 132 Å². The third kappa shape index (κ3) is 2.03. The third-order valence-corrected chi connectivity index (χ3v) is 4.26. The summed E-state index contributed by atoms with van der Waals surface area (Å²) < 4.78 is 6.90. The maximum absolute atomic E-state index is 12.7. The van der Waals surface area contributed by atoms with Gasteiger partial charge < -0.3 is 9.72 Å². The number of aryl methyl sites for hydroxylation is 1. The average Bonchev–Trinajstić information content (AvgIpc) is 2.95. The Morgan fingerprint density at radius 3 is 2.48 bits per heavy atom. The molecule has 0 atom stereocenters. The number of benzene rings is 2. The van der Waals surface area contributed by atoms with Gasteiger partial charge in [0.15, 0.2) is 0 Å². The maximum atomic E-state index is 12.7. The van der Waals surface area contributed by atoms with Gasteiger partial charge >= 0.3 is 0 Å². The molecule has 0 amide bonds. The van der Waals surface area contributed by atoms with E-state index in [0.717, 1.165) is 38.9 Å². The summed E-state index contributed by atoms with van der Waals surface area (Å²) in [5, 5.41) is 2.04. The van der Waals surface area contributed by atoms with Gasteiger partial charge in [0.25, 0.3) is 5.56 Å². The summed E-state index contributed by atoms with van der Waals surface area (Å²) in [5.74, 6) is 0.770. The highest BCUT2D eigenvalue weighted by atomic mass is 16.5. The van der Waals surface area contributed by atoms with Crippen LogP contribution in [0, 0.1) is 6.92 Å².